The summed E-state index contributed by atoms with van der Waals surface area (Å²) >= 11 is 0. The van der Waals surface area contributed by atoms with Gasteiger partial charge in [0, 0.05) is 5.56 Å². The van der Waals surface area contributed by atoms with Gasteiger partial charge in [0.2, 0.25) is 0 Å². The molecule has 2 rings (SSSR count). The second kappa shape index (κ2) is 6.03. The monoisotopic (exact) mass is 240 g/mol. The Hall–Kier alpha value is -2.06. The van der Waals surface area contributed by atoms with E-state index in [1.807, 2.05) is 54.6 Å². The van der Waals surface area contributed by atoms with Crippen molar-refractivity contribution in [1.29, 1.82) is 0 Å². The summed E-state index contributed by atoms with van der Waals surface area (Å²) in [5.41, 5.74) is 3.17. The maximum atomic E-state index is 8.85. The lowest BCUT2D eigenvalue weighted by atomic mass is 9.99. The van der Waals surface area contributed by atoms with Crippen LogP contribution in [0.4, 0.5) is 0 Å². The number of para-hydroxylation sites is 1. The van der Waals surface area contributed by atoms with E-state index in [-0.39, 0.29) is 6.61 Å². The van der Waals surface area contributed by atoms with Crippen LogP contribution in [0, 0.1) is 0 Å². The Kier molecular flexibility index (Phi) is 4.15. The van der Waals surface area contributed by atoms with Crippen molar-refractivity contribution in [3.63, 3.8) is 0 Å². The van der Waals surface area contributed by atoms with Crippen LogP contribution in [0.5, 0.6) is 5.75 Å². The van der Waals surface area contributed by atoms with Crippen molar-refractivity contribution >= 4 is 6.08 Å². The van der Waals surface area contributed by atoms with E-state index < -0.39 is 0 Å². The van der Waals surface area contributed by atoms with Gasteiger partial charge in [0.05, 0.1) is 6.61 Å². The number of hydrogen-bond donors (Lipinski definition) is 1. The van der Waals surface area contributed by atoms with Crippen LogP contribution in [0.1, 0.15) is 5.56 Å². The zero-order valence-electron chi connectivity index (χ0n) is 10.2. The maximum absolute atomic E-state index is 8.85. The van der Waals surface area contributed by atoms with Crippen LogP contribution in [0.3, 0.4) is 0 Å². The second-order valence-corrected chi connectivity index (χ2v) is 3.86. The number of aliphatic hydroxyl groups is 1. The summed E-state index contributed by atoms with van der Waals surface area (Å²) in [7, 11) is 0. The smallest absolute Gasteiger partial charge is 0.127 e. The minimum absolute atomic E-state index is 0.0113. The predicted molar refractivity (Wildman–Crippen MR) is 74.5 cm³/mol. The highest BCUT2D eigenvalue weighted by atomic mass is 16.5. The number of aliphatic hydroxyl groups excluding tert-OH is 1. The van der Waals surface area contributed by atoms with Crippen LogP contribution in [-0.2, 0) is 0 Å². The molecule has 1 N–H and O–H groups in total. The lowest BCUT2D eigenvalue weighted by Crippen LogP contribution is -2.02. The number of benzene rings is 2. The molecule has 92 valence electrons. The summed E-state index contributed by atoms with van der Waals surface area (Å²) in [6, 6.07) is 15.8. The molecule has 0 saturated carbocycles. The van der Waals surface area contributed by atoms with Gasteiger partial charge in [0.1, 0.15) is 12.4 Å². The average Bonchev–Trinajstić information content (AvgIpc) is 2.45. The van der Waals surface area contributed by atoms with Gasteiger partial charge in [-0.25, -0.2) is 0 Å². The van der Waals surface area contributed by atoms with Crippen LogP contribution in [0.15, 0.2) is 55.1 Å². The Morgan fingerprint density at radius 3 is 2.39 bits per heavy atom. The minimum atomic E-state index is 0.0113. The molecule has 0 aromatic heterocycles. The molecule has 0 atom stereocenters. The molecule has 2 nitrogen and oxygen atoms in total. The molecule has 0 bridgehead atoms. The Morgan fingerprint density at radius 1 is 1.00 bits per heavy atom. The molecule has 18 heavy (non-hydrogen) atoms. The number of ether oxygens (including phenoxy) is 1. The zero-order valence-corrected chi connectivity index (χ0v) is 10.2. The zero-order chi connectivity index (χ0) is 12.8. The first-order valence-corrected chi connectivity index (χ1v) is 5.91. The molecular formula is C16H16O2. The van der Waals surface area contributed by atoms with E-state index in [1.54, 1.807) is 0 Å². The third-order valence-electron chi connectivity index (χ3n) is 2.71. The van der Waals surface area contributed by atoms with Gasteiger partial charge in [0.15, 0.2) is 0 Å². The SMILES string of the molecule is C=Cc1ccccc1-c1ccccc1OCCO. The predicted octanol–water partition coefficient (Wildman–Crippen LogP) is 3.37. The Morgan fingerprint density at radius 2 is 1.67 bits per heavy atom. The minimum Gasteiger partial charge on any atom is -0.491 e. The largest absolute Gasteiger partial charge is 0.491 e. The van der Waals surface area contributed by atoms with Crippen molar-refractivity contribution in [2.45, 2.75) is 0 Å². The van der Waals surface area contributed by atoms with Crippen molar-refractivity contribution in [1.82, 2.24) is 0 Å². The Bertz CT molecular complexity index is 532. The van der Waals surface area contributed by atoms with Gasteiger partial charge in [-0.15, -0.1) is 0 Å². The second-order valence-electron chi connectivity index (χ2n) is 3.86. The van der Waals surface area contributed by atoms with Crippen LogP contribution < -0.4 is 4.74 Å². The molecule has 2 aromatic carbocycles. The highest BCUT2D eigenvalue weighted by Crippen LogP contribution is 2.32. The Labute approximate surface area is 107 Å². The number of hydrogen-bond acceptors (Lipinski definition) is 2. The van der Waals surface area contributed by atoms with E-state index in [0.29, 0.717) is 6.61 Å². The van der Waals surface area contributed by atoms with Crippen molar-refractivity contribution in [2.75, 3.05) is 13.2 Å². The first kappa shape index (κ1) is 12.4. The highest BCUT2D eigenvalue weighted by Gasteiger charge is 2.07. The van der Waals surface area contributed by atoms with Crippen molar-refractivity contribution in [3.05, 3.63) is 60.7 Å². The molecule has 0 aliphatic heterocycles. The van der Waals surface area contributed by atoms with E-state index in [2.05, 4.69) is 6.58 Å². The molecule has 0 saturated heterocycles. The van der Waals surface area contributed by atoms with Crippen LogP contribution >= 0.6 is 0 Å². The van der Waals surface area contributed by atoms with E-state index in [9.17, 15) is 0 Å². The van der Waals surface area contributed by atoms with Gasteiger partial charge in [-0.2, -0.15) is 0 Å². The fourth-order valence-electron chi connectivity index (χ4n) is 1.89. The Balaban J connectivity index is 2.46. The van der Waals surface area contributed by atoms with Crippen LogP contribution in [0.25, 0.3) is 17.2 Å². The normalized spacial score (nSPS) is 10.1. The van der Waals surface area contributed by atoms with Gasteiger partial charge >= 0.3 is 0 Å². The van der Waals surface area contributed by atoms with Crippen LogP contribution in [0.2, 0.25) is 0 Å². The van der Waals surface area contributed by atoms with Gasteiger partial charge in [-0.1, -0.05) is 55.1 Å². The molecule has 0 heterocycles. The fourth-order valence-corrected chi connectivity index (χ4v) is 1.89. The molecule has 0 aliphatic carbocycles. The fraction of sp³-hybridized carbons (Fsp3) is 0.125. The van der Waals surface area contributed by atoms with Crippen LogP contribution in [-0.4, -0.2) is 18.3 Å². The molecule has 0 unspecified atom stereocenters. The number of rotatable bonds is 5. The summed E-state index contributed by atoms with van der Waals surface area (Å²) in [6.45, 7) is 4.14. The standard InChI is InChI=1S/C16H16O2/c1-2-13-7-3-4-8-14(13)15-9-5-6-10-16(15)18-12-11-17/h2-10,17H,1,11-12H2. The molecular weight excluding hydrogens is 224 g/mol. The first-order valence-electron chi connectivity index (χ1n) is 5.91. The quantitative estimate of drug-likeness (QED) is 0.868. The molecule has 2 heteroatoms. The van der Waals surface area contributed by atoms with E-state index in [1.165, 1.54) is 0 Å². The highest BCUT2D eigenvalue weighted by molar-refractivity contribution is 5.78. The summed E-state index contributed by atoms with van der Waals surface area (Å²) in [6.07, 6.45) is 1.83. The van der Waals surface area contributed by atoms with E-state index >= 15 is 0 Å². The lowest BCUT2D eigenvalue weighted by molar-refractivity contribution is 0.202. The summed E-state index contributed by atoms with van der Waals surface area (Å²) in [5, 5.41) is 8.85. The third kappa shape index (κ3) is 2.60. The first-order chi connectivity index (χ1) is 8.86. The molecule has 0 radical (unpaired) electrons. The van der Waals surface area contributed by atoms with Gasteiger partial charge in [0.25, 0.3) is 0 Å². The van der Waals surface area contributed by atoms with Crippen molar-refractivity contribution in [3.8, 4) is 16.9 Å². The third-order valence-corrected chi connectivity index (χ3v) is 2.71. The van der Waals surface area contributed by atoms with Gasteiger partial charge in [-0.3, -0.25) is 0 Å². The maximum Gasteiger partial charge on any atom is 0.127 e. The molecule has 0 fully saturated rings. The summed E-state index contributed by atoms with van der Waals surface area (Å²) < 4.78 is 5.56. The van der Waals surface area contributed by atoms with Gasteiger partial charge < -0.3 is 9.84 Å². The summed E-state index contributed by atoms with van der Waals surface area (Å²) in [5.74, 6) is 0.779. The van der Waals surface area contributed by atoms with E-state index in [0.717, 1.165) is 22.4 Å². The van der Waals surface area contributed by atoms with E-state index in [4.69, 9.17) is 9.84 Å². The molecule has 0 spiro atoms. The molecule has 2 aromatic rings. The summed E-state index contributed by atoms with van der Waals surface area (Å²) in [4.78, 5) is 0. The lowest BCUT2D eigenvalue weighted by Gasteiger charge is -2.12. The van der Waals surface area contributed by atoms with Gasteiger partial charge in [-0.05, 0) is 17.2 Å². The topological polar surface area (TPSA) is 29.5 Å². The molecule has 0 aliphatic rings. The van der Waals surface area contributed by atoms with Crippen molar-refractivity contribution in [2.24, 2.45) is 0 Å². The molecule has 0 amide bonds. The van der Waals surface area contributed by atoms with Crippen molar-refractivity contribution < 1.29 is 9.84 Å². The average molecular weight is 240 g/mol.